The summed E-state index contributed by atoms with van der Waals surface area (Å²) in [6, 6.07) is 1.98. The number of hydrogen-bond acceptors (Lipinski definition) is 5. The van der Waals surface area contributed by atoms with Gasteiger partial charge in [0.15, 0.2) is 0 Å². The second kappa shape index (κ2) is 5.20. The number of aryl methyl sites for hydroxylation is 3. The molecule has 1 saturated heterocycles. The molecule has 2 aromatic rings. The van der Waals surface area contributed by atoms with Crippen LogP contribution >= 0.6 is 0 Å². The molecular formula is C14H19N5O. The van der Waals surface area contributed by atoms with Gasteiger partial charge in [0.2, 0.25) is 5.95 Å². The van der Waals surface area contributed by atoms with Crippen molar-refractivity contribution in [3.8, 4) is 0 Å². The fraction of sp³-hybridized carbons (Fsp3) is 0.500. The summed E-state index contributed by atoms with van der Waals surface area (Å²) in [5.41, 5.74) is 3.03. The summed E-state index contributed by atoms with van der Waals surface area (Å²) < 4.78 is 5.80. The van der Waals surface area contributed by atoms with Crippen molar-refractivity contribution in [2.75, 3.05) is 24.6 Å². The number of hydrogen-bond donors (Lipinski definition) is 1. The summed E-state index contributed by atoms with van der Waals surface area (Å²) in [7, 11) is 0. The Bertz CT molecular complexity index is 589. The number of nitrogens with one attached hydrogen (secondary N) is 1. The van der Waals surface area contributed by atoms with Crippen LogP contribution < -0.4 is 4.90 Å². The summed E-state index contributed by atoms with van der Waals surface area (Å²) >= 11 is 0. The third kappa shape index (κ3) is 2.65. The maximum absolute atomic E-state index is 5.80. The second-order valence-electron chi connectivity index (χ2n) is 5.21. The van der Waals surface area contributed by atoms with Gasteiger partial charge < -0.3 is 14.6 Å². The zero-order chi connectivity index (χ0) is 14.1. The van der Waals surface area contributed by atoms with E-state index >= 15 is 0 Å². The van der Waals surface area contributed by atoms with Crippen LogP contribution in [0, 0.1) is 20.8 Å². The number of aromatic nitrogens is 4. The molecule has 1 atom stereocenters. The smallest absolute Gasteiger partial charge is 0.225 e. The molecule has 0 radical (unpaired) electrons. The molecule has 1 aliphatic rings. The molecule has 3 heterocycles. The highest BCUT2D eigenvalue weighted by molar-refractivity contribution is 5.33. The number of aromatic amines is 1. The third-order valence-corrected chi connectivity index (χ3v) is 3.35. The van der Waals surface area contributed by atoms with E-state index in [1.54, 1.807) is 0 Å². The molecule has 1 N–H and O–H groups in total. The SMILES string of the molecule is Cc1cc(C)nc(N2CCO[C@H](c3ncc(C)[nH]3)C2)n1. The number of ether oxygens (including phenoxy) is 1. The van der Waals surface area contributed by atoms with Gasteiger partial charge in [-0.3, -0.25) is 0 Å². The highest BCUT2D eigenvalue weighted by Gasteiger charge is 2.25. The first kappa shape index (κ1) is 13.1. The van der Waals surface area contributed by atoms with Gasteiger partial charge in [-0.05, 0) is 26.8 Å². The molecule has 0 unspecified atom stereocenters. The van der Waals surface area contributed by atoms with Gasteiger partial charge >= 0.3 is 0 Å². The summed E-state index contributed by atoms with van der Waals surface area (Å²) in [5, 5.41) is 0. The van der Waals surface area contributed by atoms with Crippen molar-refractivity contribution in [2.24, 2.45) is 0 Å². The van der Waals surface area contributed by atoms with Crippen LogP contribution in [0.25, 0.3) is 0 Å². The van der Waals surface area contributed by atoms with Crippen LogP contribution in [0.4, 0.5) is 5.95 Å². The highest BCUT2D eigenvalue weighted by Crippen LogP contribution is 2.22. The summed E-state index contributed by atoms with van der Waals surface area (Å²) in [5.74, 6) is 1.65. The van der Waals surface area contributed by atoms with Gasteiger partial charge in [-0.25, -0.2) is 15.0 Å². The lowest BCUT2D eigenvalue weighted by atomic mass is 10.2. The Labute approximate surface area is 118 Å². The van der Waals surface area contributed by atoms with Gasteiger partial charge in [-0.2, -0.15) is 0 Å². The van der Waals surface area contributed by atoms with Crippen molar-refractivity contribution in [2.45, 2.75) is 26.9 Å². The fourth-order valence-corrected chi connectivity index (χ4v) is 2.44. The van der Waals surface area contributed by atoms with Gasteiger partial charge in [-0.15, -0.1) is 0 Å². The first-order valence-electron chi connectivity index (χ1n) is 6.82. The van der Waals surface area contributed by atoms with E-state index in [2.05, 4.69) is 24.8 Å². The molecule has 0 saturated carbocycles. The Kier molecular flexibility index (Phi) is 3.40. The van der Waals surface area contributed by atoms with E-state index in [4.69, 9.17) is 4.74 Å². The molecule has 0 aliphatic carbocycles. The minimum Gasteiger partial charge on any atom is -0.367 e. The van der Waals surface area contributed by atoms with E-state index in [0.29, 0.717) is 6.61 Å². The number of rotatable bonds is 2. The Morgan fingerprint density at radius 2 is 2.00 bits per heavy atom. The minimum absolute atomic E-state index is 0.0538. The van der Waals surface area contributed by atoms with Crippen molar-refractivity contribution < 1.29 is 4.74 Å². The van der Waals surface area contributed by atoms with Crippen molar-refractivity contribution in [3.63, 3.8) is 0 Å². The quantitative estimate of drug-likeness (QED) is 0.902. The molecule has 2 aromatic heterocycles. The predicted molar refractivity (Wildman–Crippen MR) is 75.7 cm³/mol. The number of anilines is 1. The lowest BCUT2D eigenvalue weighted by Crippen LogP contribution is -2.39. The second-order valence-corrected chi connectivity index (χ2v) is 5.21. The van der Waals surface area contributed by atoms with E-state index < -0.39 is 0 Å². The molecule has 20 heavy (non-hydrogen) atoms. The van der Waals surface area contributed by atoms with Gasteiger partial charge in [0.25, 0.3) is 0 Å². The zero-order valence-electron chi connectivity index (χ0n) is 12.1. The Morgan fingerprint density at radius 3 is 2.65 bits per heavy atom. The number of morpholine rings is 1. The van der Waals surface area contributed by atoms with E-state index in [-0.39, 0.29) is 6.10 Å². The number of nitrogens with zero attached hydrogens (tertiary/aromatic N) is 4. The number of H-pyrrole nitrogens is 1. The van der Waals surface area contributed by atoms with Gasteiger partial charge in [0.1, 0.15) is 11.9 Å². The summed E-state index contributed by atoms with van der Waals surface area (Å²) in [6.45, 7) is 8.15. The lowest BCUT2D eigenvalue weighted by Gasteiger charge is -2.32. The number of imidazole rings is 1. The van der Waals surface area contributed by atoms with Crippen molar-refractivity contribution in [1.82, 2.24) is 19.9 Å². The van der Waals surface area contributed by atoms with E-state index in [0.717, 1.165) is 41.9 Å². The van der Waals surface area contributed by atoms with E-state index in [9.17, 15) is 0 Å². The van der Waals surface area contributed by atoms with E-state index in [1.807, 2.05) is 33.0 Å². The van der Waals surface area contributed by atoms with Crippen molar-refractivity contribution >= 4 is 5.95 Å². The summed E-state index contributed by atoms with van der Waals surface area (Å²) in [6.07, 6.45) is 1.77. The molecule has 0 bridgehead atoms. The summed E-state index contributed by atoms with van der Waals surface area (Å²) in [4.78, 5) is 18.8. The van der Waals surface area contributed by atoms with Crippen molar-refractivity contribution in [3.05, 3.63) is 35.2 Å². The molecule has 1 fully saturated rings. The van der Waals surface area contributed by atoms with Gasteiger partial charge in [-0.1, -0.05) is 0 Å². The Hall–Kier alpha value is -1.95. The average Bonchev–Trinajstić information content (AvgIpc) is 2.85. The molecule has 3 rings (SSSR count). The molecule has 6 nitrogen and oxygen atoms in total. The van der Waals surface area contributed by atoms with Crippen LogP contribution in [0.3, 0.4) is 0 Å². The van der Waals surface area contributed by atoms with Crippen LogP contribution in [0.1, 0.15) is 29.0 Å². The Balaban J connectivity index is 1.81. The topological polar surface area (TPSA) is 66.9 Å². The fourth-order valence-electron chi connectivity index (χ4n) is 2.44. The van der Waals surface area contributed by atoms with E-state index in [1.165, 1.54) is 0 Å². The maximum atomic E-state index is 5.80. The highest BCUT2D eigenvalue weighted by atomic mass is 16.5. The van der Waals surface area contributed by atoms with Crippen LogP contribution in [-0.4, -0.2) is 39.6 Å². The Morgan fingerprint density at radius 1 is 1.25 bits per heavy atom. The van der Waals surface area contributed by atoms with Crippen LogP contribution in [0.2, 0.25) is 0 Å². The predicted octanol–water partition coefficient (Wildman–Crippen LogP) is 1.70. The molecule has 6 heteroatoms. The first-order chi connectivity index (χ1) is 9.61. The molecular weight excluding hydrogens is 254 g/mol. The first-order valence-corrected chi connectivity index (χ1v) is 6.82. The molecule has 0 spiro atoms. The lowest BCUT2D eigenvalue weighted by molar-refractivity contribution is 0.0339. The molecule has 106 valence electrons. The molecule has 0 amide bonds. The minimum atomic E-state index is -0.0538. The van der Waals surface area contributed by atoms with Crippen LogP contribution in [0.5, 0.6) is 0 Å². The zero-order valence-corrected chi connectivity index (χ0v) is 12.1. The van der Waals surface area contributed by atoms with Crippen molar-refractivity contribution in [1.29, 1.82) is 0 Å². The van der Waals surface area contributed by atoms with Crippen LogP contribution in [-0.2, 0) is 4.74 Å². The van der Waals surface area contributed by atoms with Gasteiger partial charge in [0, 0.05) is 29.8 Å². The maximum Gasteiger partial charge on any atom is 0.225 e. The molecule has 1 aliphatic heterocycles. The monoisotopic (exact) mass is 273 g/mol. The van der Waals surface area contributed by atoms with Crippen LogP contribution in [0.15, 0.2) is 12.3 Å². The van der Waals surface area contributed by atoms with Gasteiger partial charge in [0.05, 0.1) is 13.2 Å². The standard InChI is InChI=1S/C14H19N5O/c1-9-6-10(2)18-14(17-9)19-4-5-20-12(8-19)13-15-7-11(3)16-13/h6-7,12H,4-5,8H2,1-3H3,(H,15,16)/t12-/m0/s1. The third-order valence-electron chi connectivity index (χ3n) is 3.35. The normalized spacial score (nSPS) is 19.4. The molecule has 0 aromatic carbocycles. The average molecular weight is 273 g/mol. The largest absolute Gasteiger partial charge is 0.367 e.